The summed E-state index contributed by atoms with van der Waals surface area (Å²) >= 11 is 1.57. The zero-order valence-electron chi connectivity index (χ0n) is 9.73. The summed E-state index contributed by atoms with van der Waals surface area (Å²) in [5.74, 6) is 0. The number of aromatic nitrogens is 1. The fourth-order valence-corrected chi connectivity index (χ4v) is 2.54. The standard InChI is InChI=1S/C9H17N3O2S2/c1-4-5-9-11-8(7-15-9)6-10-16(13,14)12(2)3/h7,10H,4-6H2,1-3H3. The van der Waals surface area contributed by atoms with E-state index in [-0.39, 0.29) is 6.54 Å². The summed E-state index contributed by atoms with van der Waals surface area (Å²) in [6, 6.07) is 0. The zero-order valence-corrected chi connectivity index (χ0v) is 11.4. The molecule has 0 aromatic carbocycles. The molecule has 1 aromatic rings. The molecule has 0 saturated carbocycles. The van der Waals surface area contributed by atoms with E-state index in [1.165, 1.54) is 14.1 Å². The normalized spacial score (nSPS) is 12.2. The van der Waals surface area contributed by atoms with Gasteiger partial charge in [0.25, 0.3) is 10.2 Å². The van der Waals surface area contributed by atoms with Gasteiger partial charge < -0.3 is 0 Å². The van der Waals surface area contributed by atoms with Crippen LogP contribution in [-0.2, 0) is 23.2 Å². The molecular weight excluding hydrogens is 246 g/mol. The summed E-state index contributed by atoms with van der Waals surface area (Å²) in [6.45, 7) is 2.34. The van der Waals surface area contributed by atoms with Crippen molar-refractivity contribution in [3.8, 4) is 0 Å². The van der Waals surface area contributed by atoms with Crippen molar-refractivity contribution in [3.05, 3.63) is 16.1 Å². The van der Waals surface area contributed by atoms with E-state index in [0.717, 1.165) is 27.8 Å². The number of hydrogen-bond acceptors (Lipinski definition) is 4. The van der Waals surface area contributed by atoms with Gasteiger partial charge in [-0.05, 0) is 12.8 Å². The molecule has 1 heterocycles. The highest BCUT2D eigenvalue weighted by Crippen LogP contribution is 2.11. The Morgan fingerprint density at radius 2 is 2.19 bits per heavy atom. The van der Waals surface area contributed by atoms with Crippen LogP contribution in [0.3, 0.4) is 0 Å². The van der Waals surface area contributed by atoms with Gasteiger partial charge in [-0.2, -0.15) is 17.4 Å². The number of nitrogens with zero attached hydrogens (tertiary/aromatic N) is 2. The molecule has 16 heavy (non-hydrogen) atoms. The number of rotatable bonds is 6. The lowest BCUT2D eigenvalue weighted by Crippen LogP contribution is -2.35. The van der Waals surface area contributed by atoms with Crippen molar-refractivity contribution in [2.75, 3.05) is 14.1 Å². The number of thiazole rings is 1. The van der Waals surface area contributed by atoms with Gasteiger partial charge in [-0.15, -0.1) is 11.3 Å². The van der Waals surface area contributed by atoms with Gasteiger partial charge in [0, 0.05) is 19.5 Å². The highest BCUT2D eigenvalue weighted by Gasteiger charge is 2.13. The van der Waals surface area contributed by atoms with E-state index in [4.69, 9.17) is 0 Å². The molecule has 0 fully saturated rings. The van der Waals surface area contributed by atoms with E-state index in [1.807, 2.05) is 5.38 Å². The predicted molar refractivity (Wildman–Crippen MR) is 65.6 cm³/mol. The van der Waals surface area contributed by atoms with Crippen LogP contribution < -0.4 is 4.72 Å². The van der Waals surface area contributed by atoms with Crippen LogP contribution in [-0.4, -0.2) is 31.8 Å². The van der Waals surface area contributed by atoms with Crippen LogP contribution in [0.15, 0.2) is 5.38 Å². The minimum Gasteiger partial charge on any atom is -0.245 e. The summed E-state index contributed by atoms with van der Waals surface area (Å²) in [5, 5.41) is 2.95. The van der Waals surface area contributed by atoms with Crippen LogP contribution in [0.2, 0.25) is 0 Å². The van der Waals surface area contributed by atoms with Crippen molar-refractivity contribution in [1.82, 2.24) is 14.0 Å². The smallest absolute Gasteiger partial charge is 0.245 e. The average molecular weight is 263 g/mol. The van der Waals surface area contributed by atoms with Crippen LogP contribution in [0.4, 0.5) is 0 Å². The zero-order chi connectivity index (χ0) is 12.2. The third kappa shape index (κ3) is 3.82. The van der Waals surface area contributed by atoms with Crippen molar-refractivity contribution in [2.24, 2.45) is 0 Å². The van der Waals surface area contributed by atoms with Gasteiger partial charge in [0.15, 0.2) is 0 Å². The van der Waals surface area contributed by atoms with Gasteiger partial charge in [0.1, 0.15) is 0 Å². The summed E-state index contributed by atoms with van der Waals surface area (Å²) in [6.07, 6.45) is 2.00. The monoisotopic (exact) mass is 263 g/mol. The first-order chi connectivity index (χ1) is 7.45. The Balaban J connectivity index is 2.55. The van der Waals surface area contributed by atoms with Gasteiger partial charge in [0.05, 0.1) is 17.2 Å². The van der Waals surface area contributed by atoms with Crippen LogP contribution >= 0.6 is 11.3 Å². The number of nitrogens with one attached hydrogen (secondary N) is 1. The third-order valence-corrected chi connectivity index (χ3v) is 4.41. The first-order valence-corrected chi connectivity index (χ1v) is 7.38. The third-order valence-electron chi connectivity index (χ3n) is 1.98. The minimum atomic E-state index is -3.35. The van der Waals surface area contributed by atoms with Crippen LogP contribution in [0, 0.1) is 0 Å². The SMILES string of the molecule is CCCc1nc(CNS(=O)(=O)N(C)C)cs1. The van der Waals surface area contributed by atoms with Crippen molar-refractivity contribution in [3.63, 3.8) is 0 Å². The summed E-state index contributed by atoms with van der Waals surface area (Å²) in [4.78, 5) is 4.34. The van der Waals surface area contributed by atoms with Crippen molar-refractivity contribution in [1.29, 1.82) is 0 Å². The summed E-state index contributed by atoms with van der Waals surface area (Å²) < 4.78 is 26.5. The van der Waals surface area contributed by atoms with Crippen LogP contribution in [0.5, 0.6) is 0 Å². The Kier molecular flexibility index (Phi) is 4.85. The number of hydrogen-bond donors (Lipinski definition) is 1. The molecule has 1 aromatic heterocycles. The molecular formula is C9H17N3O2S2. The molecule has 0 aliphatic carbocycles. The molecule has 0 aliphatic heterocycles. The maximum atomic E-state index is 11.4. The molecule has 0 unspecified atom stereocenters. The molecule has 5 nitrogen and oxygen atoms in total. The molecule has 0 aliphatic rings. The second-order valence-corrected chi connectivity index (χ2v) is 6.50. The lowest BCUT2D eigenvalue weighted by Gasteiger charge is -2.10. The topological polar surface area (TPSA) is 62.3 Å². The van der Waals surface area contributed by atoms with Gasteiger partial charge in [-0.1, -0.05) is 6.92 Å². The Labute approximate surface area is 101 Å². The molecule has 92 valence electrons. The van der Waals surface area contributed by atoms with E-state index < -0.39 is 10.2 Å². The van der Waals surface area contributed by atoms with Gasteiger partial charge in [0.2, 0.25) is 0 Å². The fraction of sp³-hybridized carbons (Fsp3) is 0.667. The van der Waals surface area contributed by atoms with Crippen molar-refractivity contribution < 1.29 is 8.42 Å². The van der Waals surface area contributed by atoms with Gasteiger partial charge in [-0.25, -0.2) is 4.98 Å². The molecule has 0 amide bonds. The quantitative estimate of drug-likeness (QED) is 0.832. The van der Waals surface area contributed by atoms with Crippen molar-refractivity contribution in [2.45, 2.75) is 26.3 Å². The highest BCUT2D eigenvalue weighted by molar-refractivity contribution is 7.87. The van der Waals surface area contributed by atoms with E-state index >= 15 is 0 Å². The lowest BCUT2D eigenvalue weighted by atomic mass is 10.3. The summed E-state index contributed by atoms with van der Waals surface area (Å²) in [5.41, 5.74) is 0.777. The lowest BCUT2D eigenvalue weighted by molar-refractivity contribution is 0.504. The largest absolute Gasteiger partial charge is 0.279 e. The second-order valence-electron chi connectivity index (χ2n) is 3.59. The maximum absolute atomic E-state index is 11.4. The van der Waals surface area contributed by atoms with E-state index in [9.17, 15) is 8.42 Å². The number of aryl methyl sites for hydroxylation is 1. The summed E-state index contributed by atoms with van der Waals surface area (Å²) in [7, 11) is -0.368. The highest BCUT2D eigenvalue weighted by atomic mass is 32.2. The Morgan fingerprint density at radius 3 is 2.75 bits per heavy atom. The fourth-order valence-electron chi connectivity index (χ4n) is 1.05. The Hall–Kier alpha value is -0.500. The average Bonchev–Trinajstić information content (AvgIpc) is 2.63. The van der Waals surface area contributed by atoms with E-state index in [2.05, 4.69) is 16.6 Å². The van der Waals surface area contributed by atoms with E-state index in [0.29, 0.717) is 0 Å². The van der Waals surface area contributed by atoms with Gasteiger partial charge in [-0.3, -0.25) is 0 Å². The van der Waals surface area contributed by atoms with Crippen LogP contribution in [0.1, 0.15) is 24.0 Å². The van der Waals surface area contributed by atoms with E-state index in [1.54, 1.807) is 11.3 Å². The Bertz CT molecular complexity index is 426. The molecule has 0 atom stereocenters. The van der Waals surface area contributed by atoms with Gasteiger partial charge >= 0.3 is 0 Å². The maximum Gasteiger partial charge on any atom is 0.279 e. The minimum absolute atomic E-state index is 0.251. The van der Waals surface area contributed by atoms with Crippen molar-refractivity contribution >= 4 is 21.5 Å². The van der Waals surface area contributed by atoms with Crippen LogP contribution in [0.25, 0.3) is 0 Å². The molecule has 1 rings (SSSR count). The molecule has 0 radical (unpaired) electrons. The molecule has 0 bridgehead atoms. The molecule has 0 saturated heterocycles. The Morgan fingerprint density at radius 1 is 1.50 bits per heavy atom. The molecule has 1 N–H and O–H groups in total. The first-order valence-electron chi connectivity index (χ1n) is 5.06. The second kappa shape index (κ2) is 5.72. The predicted octanol–water partition coefficient (Wildman–Crippen LogP) is 0.992. The molecule has 0 spiro atoms. The first kappa shape index (κ1) is 13.6. The molecule has 7 heteroatoms.